The summed E-state index contributed by atoms with van der Waals surface area (Å²) in [7, 11) is -3.64. The fourth-order valence-electron chi connectivity index (χ4n) is 3.58. The van der Waals surface area contributed by atoms with Gasteiger partial charge in [0.15, 0.2) is 0 Å². The van der Waals surface area contributed by atoms with Crippen molar-refractivity contribution in [1.82, 2.24) is 14.2 Å². The van der Waals surface area contributed by atoms with E-state index < -0.39 is 10.0 Å². The molecule has 2 heterocycles. The third-order valence-electron chi connectivity index (χ3n) is 5.21. The van der Waals surface area contributed by atoms with Crippen molar-refractivity contribution in [3.8, 4) is 5.75 Å². The number of benzene rings is 2. The van der Waals surface area contributed by atoms with E-state index in [1.165, 1.54) is 4.31 Å². The van der Waals surface area contributed by atoms with Crippen LogP contribution < -0.4 is 4.74 Å². The van der Waals surface area contributed by atoms with Gasteiger partial charge in [-0.1, -0.05) is 35.9 Å². The molecule has 1 amide bonds. The standard InChI is InChI=1S/C22H22ClN3O4S/c1-2-30-17-7-9-18(10-8-17)31(28,29)26-13-11-25(12-14-26)22(27)20-15-16-5-3-4-6-19(16)21(23)24-20/h3-10,15H,2,11-14H2,1H3. The number of halogens is 1. The lowest BCUT2D eigenvalue weighted by Crippen LogP contribution is -2.50. The second-order valence-corrected chi connectivity index (χ2v) is 9.42. The number of ether oxygens (including phenoxy) is 1. The fourth-order valence-corrected chi connectivity index (χ4v) is 5.27. The molecule has 0 atom stereocenters. The van der Waals surface area contributed by atoms with E-state index in [0.717, 1.165) is 10.8 Å². The van der Waals surface area contributed by atoms with Crippen LogP contribution >= 0.6 is 11.6 Å². The fraction of sp³-hybridized carbons (Fsp3) is 0.273. The zero-order valence-corrected chi connectivity index (χ0v) is 18.6. The van der Waals surface area contributed by atoms with E-state index in [-0.39, 0.29) is 47.8 Å². The molecule has 4 rings (SSSR count). The summed E-state index contributed by atoms with van der Waals surface area (Å²) >= 11 is 6.25. The zero-order valence-electron chi connectivity index (χ0n) is 17.0. The predicted octanol–water partition coefficient (Wildman–Crippen LogP) is 3.43. The maximum Gasteiger partial charge on any atom is 0.272 e. The Balaban J connectivity index is 1.46. The molecule has 0 saturated carbocycles. The summed E-state index contributed by atoms with van der Waals surface area (Å²) in [6.07, 6.45) is 0. The molecule has 31 heavy (non-hydrogen) atoms. The van der Waals surface area contributed by atoms with Crippen molar-refractivity contribution in [2.45, 2.75) is 11.8 Å². The number of piperazine rings is 1. The number of aromatic nitrogens is 1. The highest BCUT2D eigenvalue weighted by Gasteiger charge is 2.31. The van der Waals surface area contributed by atoms with E-state index in [1.807, 2.05) is 31.2 Å². The van der Waals surface area contributed by atoms with Crippen LogP contribution in [-0.2, 0) is 10.0 Å². The first kappa shape index (κ1) is 21.5. The SMILES string of the molecule is CCOc1ccc(S(=O)(=O)N2CCN(C(=O)c3cc4ccccc4c(Cl)n3)CC2)cc1. The van der Waals surface area contributed by atoms with Crippen LogP contribution in [0.2, 0.25) is 5.15 Å². The van der Waals surface area contributed by atoms with E-state index in [0.29, 0.717) is 12.4 Å². The smallest absolute Gasteiger partial charge is 0.272 e. The van der Waals surface area contributed by atoms with Crippen LogP contribution in [0.25, 0.3) is 10.8 Å². The summed E-state index contributed by atoms with van der Waals surface area (Å²) in [6, 6.07) is 15.5. The molecule has 1 aromatic heterocycles. The molecule has 9 heteroatoms. The van der Waals surface area contributed by atoms with E-state index in [4.69, 9.17) is 16.3 Å². The molecular formula is C22H22ClN3O4S. The molecule has 162 valence electrons. The third-order valence-corrected chi connectivity index (χ3v) is 7.41. The number of fused-ring (bicyclic) bond motifs is 1. The van der Waals surface area contributed by atoms with Gasteiger partial charge in [-0.15, -0.1) is 0 Å². The molecule has 1 saturated heterocycles. The van der Waals surface area contributed by atoms with Crippen LogP contribution in [0, 0.1) is 0 Å². The second kappa shape index (κ2) is 8.82. The lowest BCUT2D eigenvalue weighted by atomic mass is 10.1. The monoisotopic (exact) mass is 459 g/mol. The van der Waals surface area contributed by atoms with Crippen LogP contribution in [0.15, 0.2) is 59.5 Å². The largest absolute Gasteiger partial charge is 0.494 e. The number of rotatable bonds is 5. The summed E-state index contributed by atoms with van der Waals surface area (Å²) in [4.78, 5) is 19.0. The number of carbonyl (C=O) groups excluding carboxylic acids is 1. The Kier molecular flexibility index (Phi) is 6.13. The molecule has 0 spiro atoms. The molecule has 0 radical (unpaired) electrons. The molecule has 7 nitrogen and oxygen atoms in total. The quantitative estimate of drug-likeness (QED) is 0.546. The van der Waals surface area contributed by atoms with Gasteiger partial charge in [-0.3, -0.25) is 4.79 Å². The number of sulfonamides is 1. The first-order valence-corrected chi connectivity index (χ1v) is 11.8. The van der Waals surface area contributed by atoms with Gasteiger partial charge in [0.05, 0.1) is 11.5 Å². The lowest BCUT2D eigenvalue weighted by molar-refractivity contribution is 0.0692. The van der Waals surface area contributed by atoms with Crippen LogP contribution in [-0.4, -0.2) is 61.3 Å². The van der Waals surface area contributed by atoms with Crippen molar-refractivity contribution in [2.24, 2.45) is 0 Å². The molecule has 0 N–H and O–H groups in total. The predicted molar refractivity (Wildman–Crippen MR) is 119 cm³/mol. The normalized spacial score (nSPS) is 15.2. The van der Waals surface area contributed by atoms with E-state index in [2.05, 4.69) is 4.98 Å². The summed E-state index contributed by atoms with van der Waals surface area (Å²) in [5.41, 5.74) is 0.256. The Labute approximate surface area is 186 Å². The molecular weight excluding hydrogens is 438 g/mol. The maximum atomic E-state index is 12.9. The van der Waals surface area contributed by atoms with Gasteiger partial charge in [-0.25, -0.2) is 13.4 Å². The van der Waals surface area contributed by atoms with Crippen molar-refractivity contribution >= 4 is 38.3 Å². The van der Waals surface area contributed by atoms with Crippen molar-refractivity contribution in [3.05, 3.63) is 65.4 Å². The highest BCUT2D eigenvalue weighted by atomic mass is 35.5. The van der Waals surface area contributed by atoms with Crippen LogP contribution in [0.1, 0.15) is 17.4 Å². The van der Waals surface area contributed by atoms with Gasteiger partial charge < -0.3 is 9.64 Å². The van der Waals surface area contributed by atoms with Gasteiger partial charge in [0.25, 0.3) is 5.91 Å². The Morgan fingerprint density at radius 2 is 1.74 bits per heavy atom. The maximum absolute atomic E-state index is 12.9. The lowest BCUT2D eigenvalue weighted by Gasteiger charge is -2.33. The molecule has 1 fully saturated rings. The van der Waals surface area contributed by atoms with E-state index in [1.54, 1.807) is 35.2 Å². The minimum Gasteiger partial charge on any atom is -0.494 e. The summed E-state index contributed by atoms with van der Waals surface area (Å²) < 4.78 is 32.7. The number of hydrogen-bond donors (Lipinski definition) is 0. The summed E-state index contributed by atoms with van der Waals surface area (Å²) in [5.74, 6) is 0.365. The molecule has 0 aliphatic carbocycles. The first-order chi connectivity index (χ1) is 14.9. The minimum absolute atomic E-state index is 0.207. The van der Waals surface area contributed by atoms with Crippen molar-refractivity contribution in [3.63, 3.8) is 0 Å². The first-order valence-electron chi connectivity index (χ1n) is 9.97. The zero-order chi connectivity index (χ0) is 22.0. The third kappa shape index (κ3) is 4.37. The molecule has 1 aliphatic rings. The van der Waals surface area contributed by atoms with Gasteiger partial charge in [-0.2, -0.15) is 4.31 Å². The van der Waals surface area contributed by atoms with Gasteiger partial charge in [0.1, 0.15) is 16.6 Å². The van der Waals surface area contributed by atoms with E-state index in [9.17, 15) is 13.2 Å². The van der Waals surface area contributed by atoms with Gasteiger partial charge >= 0.3 is 0 Å². The Morgan fingerprint density at radius 1 is 1.06 bits per heavy atom. The van der Waals surface area contributed by atoms with E-state index >= 15 is 0 Å². The number of nitrogens with zero attached hydrogens (tertiary/aromatic N) is 3. The number of hydrogen-bond acceptors (Lipinski definition) is 5. The Hall–Kier alpha value is -2.68. The Morgan fingerprint density at radius 3 is 2.42 bits per heavy atom. The molecule has 3 aromatic rings. The molecule has 0 unspecified atom stereocenters. The second-order valence-electron chi connectivity index (χ2n) is 7.12. The topological polar surface area (TPSA) is 79.8 Å². The van der Waals surface area contributed by atoms with Gasteiger partial charge in [0.2, 0.25) is 10.0 Å². The van der Waals surface area contributed by atoms with Crippen LogP contribution in [0.4, 0.5) is 0 Å². The highest BCUT2D eigenvalue weighted by molar-refractivity contribution is 7.89. The highest BCUT2D eigenvalue weighted by Crippen LogP contribution is 2.24. The summed E-state index contributed by atoms with van der Waals surface area (Å²) in [5, 5.41) is 1.90. The number of carbonyl (C=O) groups is 1. The van der Waals surface area contributed by atoms with Crippen molar-refractivity contribution in [1.29, 1.82) is 0 Å². The van der Waals surface area contributed by atoms with Gasteiger partial charge in [0, 0.05) is 31.6 Å². The van der Waals surface area contributed by atoms with Gasteiger partial charge in [-0.05, 0) is 42.6 Å². The van der Waals surface area contributed by atoms with Crippen LogP contribution in [0.3, 0.4) is 0 Å². The molecule has 2 aromatic carbocycles. The molecule has 1 aliphatic heterocycles. The minimum atomic E-state index is -3.64. The number of amides is 1. The van der Waals surface area contributed by atoms with Crippen molar-refractivity contribution in [2.75, 3.05) is 32.8 Å². The average Bonchev–Trinajstić information content (AvgIpc) is 2.79. The molecule has 0 bridgehead atoms. The van der Waals surface area contributed by atoms with Crippen molar-refractivity contribution < 1.29 is 17.9 Å². The van der Waals surface area contributed by atoms with Crippen LogP contribution in [0.5, 0.6) is 5.75 Å². The average molecular weight is 460 g/mol. The number of pyridine rings is 1. The summed E-state index contributed by atoms with van der Waals surface area (Å²) in [6.45, 7) is 3.36. The Bertz CT molecular complexity index is 1210.